The zero-order valence-electron chi connectivity index (χ0n) is 16.3. The van der Waals surface area contributed by atoms with Gasteiger partial charge in [-0.15, -0.1) is 11.3 Å². The molecule has 0 amide bonds. The zero-order valence-corrected chi connectivity index (χ0v) is 17.9. The first kappa shape index (κ1) is 18.8. The van der Waals surface area contributed by atoms with Gasteiger partial charge in [0.05, 0.1) is 9.77 Å². The summed E-state index contributed by atoms with van der Waals surface area (Å²) in [6.07, 6.45) is 4.47. The highest BCUT2D eigenvalue weighted by molar-refractivity contribution is 7.89. The van der Waals surface area contributed by atoms with Crippen LogP contribution in [0.1, 0.15) is 40.6 Å². The van der Waals surface area contributed by atoms with Gasteiger partial charge in [0.25, 0.3) is 5.56 Å². The Labute approximate surface area is 173 Å². The number of nitrogens with one attached hydrogen (secondary N) is 1. The monoisotopic (exact) mass is 430 g/mol. The van der Waals surface area contributed by atoms with Gasteiger partial charge in [0, 0.05) is 42.0 Å². The number of hydrogen-bond donors (Lipinski definition) is 1. The normalized spacial score (nSPS) is 17.4. The molecule has 0 saturated heterocycles. The molecule has 1 N–H and O–H groups in total. The van der Waals surface area contributed by atoms with Crippen LogP contribution < -0.4 is 5.56 Å². The summed E-state index contributed by atoms with van der Waals surface area (Å²) in [5, 5.41) is 7.15. The Morgan fingerprint density at radius 3 is 2.66 bits per heavy atom. The first-order chi connectivity index (χ1) is 13.8. The Balaban J connectivity index is 1.48. The van der Waals surface area contributed by atoms with Gasteiger partial charge < -0.3 is 4.57 Å². The van der Waals surface area contributed by atoms with E-state index < -0.39 is 10.0 Å². The van der Waals surface area contributed by atoms with Gasteiger partial charge in [-0.3, -0.25) is 9.89 Å². The van der Waals surface area contributed by atoms with Gasteiger partial charge >= 0.3 is 0 Å². The highest BCUT2D eigenvalue weighted by Gasteiger charge is 2.32. The van der Waals surface area contributed by atoms with Crippen molar-refractivity contribution in [2.45, 2.75) is 50.6 Å². The summed E-state index contributed by atoms with van der Waals surface area (Å²) >= 11 is 1.44. The van der Waals surface area contributed by atoms with Gasteiger partial charge in [-0.1, -0.05) is 0 Å². The van der Waals surface area contributed by atoms with E-state index in [-0.39, 0.29) is 11.6 Å². The van der Waals surface area contributed by atoms with E-state index >= 15 is 0 Å². The molecule has 0 aromatic carbocycles. The van der Waals surface area contributed by atoms with Crippen molar-refractivity contribution in [3.05, 3.63) is 56.4 Å². The van der Waals surface area contributed by atoms with Crippen LogP contribution in [0.5, 0.6) is 0 Å². The number of aromatic nitrogens is 3. The Morgan fingerprint density at radius 2 is 1.97 bits per heavy atom. The van der Waals surface area contributed by atoms with Crippen molar-refractivity contribution in [2.24, 2.45) is 0 Å². The molecule has 5 rings (SSSR count). The molecule has 4 heterocycles. The summed E-state index contributed by atoms with van der Waals surface area (Å²) in [5.74, 6) is 0. The van der Waals surface area contributed by atoms with Crippen molar-refractivity contribution in [3.63, 3.8) is 0 Å². The maximum absolute atomic E-state index is 13.4. The number of pyridine rings is 1. The maximum Gasteiger partial charge on any atom is 0.251 e. The highest BCUT2D eigenvalue weighted by Crippen LogP contribution is 2.37. The molecule has 0 bridgehead atoms. The lowest BCUT2D eigenvalue weighted by molar-refractivity contribution is 0.388. The summed E-state index contributed by atoms with van der Waals surface area (Å²) < 4.78 is 30.1. The first-order valence-electron chi connectivity index (χ1n) is 9.70. The number of fused-ring (bicyclic) bond motifs is 1. The minimum Gasteiger partial charge on any atom is -0.312 e. The van der Waals surface area contributed by atoms with Gasteiger partial charge in [-0.2, -0.15) is 9.40 Å². The predicted molar refractivity (Wildman–Crippen MR) is 112 cm³/mol. The Hall–Kier alpha value is -2.23. The number of aryl methyl sites for hydroxylation is 2. The third-order valence-electron chi connectivity index (χ3n) is 5.63. The lowest BCUT2D eigenvalue weighted by atomic mass is 10.0. The average molecular weight is 431 g/mol. The lowest BCUT2D eigenvalue weighted by Gasteiger charge is -2.28. The molecule has 0 unspecified atom stereocenters. The molecule has 0 radical (unpaired) electrons. The Bertz CT molecular complexity index is 1270. The summed E-state index contributed by atoms with van der Waals surface area (Å²) in [7, 11) is -3.62. The largest absolute Gasteiger partial charge is 0.312 e. The van der Waals surface area contributed by atoms with Gasteiger partial charge in [-0.05, 0) is 56.4 Å². The summed E-state index contributed by atoms with van der Waals surface area (Å²) in [6.45, 7) is 4.44. The number of thiophene rings is 1. The molecule has 3 aromatic rings. The van der Waals surface area contributed by atoms with Crippen LogP contribution in [0.25, 0.3) is 10.6 Å². The number of H-pyrrole nitrogens is 1. The van der Waals surface area contributed by atoms with Gasteiger partial charge in [0.15, 0.2) is 0 Å². The molecule has 0 atom stereocenters. The van der Waals surface area contributed by atoms with Crippen LogP contribution in [0, 0.1) is 13.8 Å². The number of sulfonamides is 1. The third-order valence-corrected chi connectivity index (χ3v) is 8.80. The molecule has 1 saturated carbocycles. The van der Waals surface area contributed by atoms with E-state index in [1.807, 2.05) is 26.1 Å². The van der Waals surface area contributed by atoms with Crippen LogP contribution in [0.2, 0.25) is 0 Å². The fourth-order valence-electron chi connectivity index (χ4n) is 3.89. The van der Waals surface area contributed by atoms with Crippen molar-refractivity contribution >= 4 is 21.4 Å². The van der Waals surface area contributed by atoms with Crippen LogP contribution in [-0.2, 0) is 23.0 Å². The number of hydrogen-bond acceptors (Lipinski definition) is 5. The molecule has 7 nitrogen and oxygen atoms in total. The van der Waals surface area contributed by atoms with E-state index in [1.54, 1.807) is 16.7 Å². The van der Waals surface area contributed by atoms with Gasteiger partial charge in [0.1, 0.15) is 5.69 Å². The fraction of sp³-hybridized carbons (Fsp3) is 0.400. The van der Waals surface area contributed by atoms with Crippen molar-refractivity contribution in [2.75, 3.05) is 6.54 Å². The van der Waals surface area contributed by atoms with Crippen molar-refractivity contribution in [1.29, 1.82) is 0 Å². The molecular formula is C20H22N4O3S2. The maximum atomic E-state index is 13.4. The second-order valence-corrected chi connectivity index (χ2v) is 11.0. The molecule has 29 heavy (non-hydrogen) atoms. The summed E-state index contributed by atoms with van der Waals surface area (Å²) in [6, 6.07) is 5.60. The topological polar surface area (TPSA) is 88.1 Å². The van der Waals surface area contributed by atoms with Crippen LogP contribution in [0.15, 0.2) is 34.1 Å². The predicted octanol–water partition coefficient (Wildman–Crippen LogP) is 3.00. The van der Waals surface area contributed by atoms with E-state index in [2.05, 4.69) is 10.2 Å². The SMILES string of the molecule is Cc1cc(-c2cc(S(=O)(=O)N3CCc4cc(=O)n(C5CC5)cc4C3)c(C)s2)n[nH]1. The standard InChI is InChI=1S/C20H22N4O3S2/c1-12-7-17(22-21-12)18-9-19(13(2)28-18)29(26,27)23-6-5-14-8-20(25)24(16-3-4-16)11-15(14)10-23/h7-9,11,16H,3-6,10H2,1-2H3,(H,21,22). The van der Waals surface area contributed by atoms with Crippen LogP contribution in [0.3, 0.4) is 0 Å². The smallest absolute Gasteiger partial charge is 0.251 e. The number of nitrogens with zero attached hydrogens (tertiary/aromatic N) is 3. The zero-order chi connectivity index (χ0) is 20.3. The summed E-state index contributed by atoms with van der Waals surface area (Å²) in [5.41, 5.74) is 3.62. The van der Waals surface area contributed by atoms with Crippen molar-refractivity contribution in [1.82, 2.24) is 19.1 Å². The molecule has 0 spiro atoms. The Morgan fingerprint density at radius 1 is 1.17 bits per heavy atom. The first-order valence-corrected chi connectivity index (χ1v) is 12.0. The van der Waals surface area contributed by atoms with Gasteiger partial charge in [-0.25, -0.2) is 8.42 Å². The molecule has 3 aromatic heterocycles. The fourth-order valence-corrected chi connectivity index (χ4v) is 6.83. The number of rotatable bonds is 4. The molecular weight excluding hydrogens is 408 g/mol. The minimum atomic E-state index is -3.62. The van der Waals surface area contributed by atoms with Crippen molar-refractivity contribution < 1.29 is 8.42 Å². The quantitative estimate of drug-likeness (QED) is 0.689. The van der Waals surface area contributed by atoms with E-state index in [0.29, 0.717) is 24.4 Å². The molecule has 1 fully saturated rings. The molecule has 152 valence electrons. The number of aromatic amines is 1. The van der Waals surface area contributed by atoms with Crippen LogP contribution in [0.4, 0.5) is 0 Å². The van der Waals surface area contributed by atoms with Crippen LogP contribution >= 0.6 is 11.3 Å². The lowest BCUT2D eigenvalue weighted by Crippen LogP contribution is -2.37. The molecule has 2 aliphatic rings. The highest BCUT2D eigenvalue weighted by atomic mass is 32.2. The molecule has 1 aliphatic heterocycles. The van der Waals surface area contributed by atoms with E-state index in [0.717, 1.165) is 45.1 Å². The van der Waals surface area contributed by atoms with Gasteiger partial charge in [0.2, 0.25) is 10.0 Å². The third kappa shape index (κ3) is 3.27. The van der Waals surface area contributed by atoms with Crippen LogP contribution in [-0.4, -0.2) is 34.0 Å². The second kappa shape index (κ2) is 6.65. The van der Waals surface area contributed by atoms with E-state index in [9.17, 15) is 13.2 Å². The minimum absolute atomic E-state index is 0.0233. The average Bonchev–Trinajstić information content (AvgIpc) is 3.31. The Kier molecular flexibility index (Phi) is 4.30. The molecule has 1 aliphatic carbocycles. The van der Waals surface area contributed by atoms with Crippen molar-refractivity contribution in [3.8, 4) is 10.6 Å². The second-order valence-electron chi connectivity index (χ2n) is 7.86. The van der Waals surface area contributed by atoms with E-state index in [4.69, 9.17) is 0 Å². The molecule has 9 heteroatoms. The summed E-state index contributed by atoms with van der Waals surface area (Å²) in [4.78, 5) is 14.2. The van der Waals surface area contributed by atoms with E-state index in [1.165, 1.54) is 15.6 Å².